The fourth-order valence-electron chi connectivity index (χ4n) is 9.97. The lowest BCUT2D eigenvalue weighted by Crippen LogP contribution is -2.04. The van der Waals surface area contributed by atoms with Gasteiger partial charge >= 0.3 is 0 Å². The molecule has 65 heavy (non-hydrogen) atoms. The minimum atomic E-state index is 0.498. The molecule has 0 atom stereocenters. The third-order valence-electron chi connectivity index (χ3n) is 13.0. The van der Waals surface area contributed by atoms with Crippen molar-refractivity contribution in [2.24, 2.45) is 0 Å². The Morgan fingerprint density at radius 2 is 0.954 bits per heavy atom. The molecule has 0 N–H and O–H groups in total. The van der Waals surface area contributed by atoms with Gasteiger partial charge in [0.2, 0.25) is 0 Å². The standard InChI is InChI=1S/C59H34N4O2/c1-2-13-35(14-3-1)36-25-27-37(28-26-36)57-60-58(45-21-12-24-52-54(45)44-20-9-11-23-51(44)64-52)62-59(61-57)55-49(30-29-43-47-32-39-16-5-7-18-41(39)34-53(47)65-56(43)55)63-48-22-10-8-19-42(48)46-31-38-15-4-6-17-40(38)33-50(46)63/h1-34H. The highest BCUT2D eigenvalue weighted by molar-refractivity contribution is 6.17. The molecular formula is C59H34N4O2. The molecule has 14 aromatic rings. The summed E-state index contributed by atoms with van der Waals surface area (Å²) in [5.41, 5.74) is 10.9. The average molecular weight is 831 g/mol. The second kappa shape index (κ2) is 13.8. The van der Waals surface area contributed by atoms with Gasteiger partial charge in [0.05, 0.1) is 22.3 Å². The topological polar surface area (TPSA) is 69.9 Å². The molecule has 0 saturated carbocycles. The maximum Gasteiger partial charge on any atom is 0.170 e. The van der Waals surface area contributed by atoms with E-state index in [0.717, 1.165) is 110 Å². The summed E-state index contributed by atoms with van der Waals surface area (Å²) < 4.78 is 15.9. The zero-order chi connectivity index (χ0) is 42.6. The van der Waals surface area contributed by atoms with E-state index in [1.807, 2.05) is 36.4 Å². The minimum Gasteiger partial charge on any atom is -0.456 e. The number of para-hydroxylation sites is 2. The highest BCUT2D eigenvalue weighted by Gasteiger charge is 2.26. The first-order valence-electron chi connectivity index (χ1n) is 21.8. The van der Waals surface area contributed by atoms with E-state index in [1.54, 1.807) is 0 Å². The van der Waals surface area contributed by atoms with Crippen molar-refractivity contribution in [1.29, 1.82) is 0 Å². The number of hydrogen-bond acceptors (Lipinski definition) is 5. The van der Waals surface area contributed by atoms with Crippen LogP contribution in [0.15, 0.2) is 215 Å². The molecule has 0 fully saturated rings. The predicted octanol–water partition coefficient (Wildman–Crippen LogP) is 15.7. The molecule has 0 radical (unpaired) electrons. The van der Waals surface area contributed by atoms with E-state index in [1.165, 1.54) is 5.39 Å². The molecule has 0 aliphatic carbocycles. The van der Waals surface area contributed by atoms with Crippen molar-refractivity contribution >= 4 is 87.2 Å². The van der Waals surface area contributed by atoms with Gasteiger partial charge in [-0.25, -0.2) is 15.0 Å². The Labute approximate surface area is 371 Å². The largest absolute Gasteiger partial charge is 0.456 e. The van der Waals surface area contributed by atoms with E-state index in [4.69, 9.17) is 23.8 Å². The number of benzene rings is 10. The van der Waals surface area contributed by atoms with Crippen molar-refractivity contribution in [3.63, 3.8) is 0 Å². The molecule has 0 aliphatic rings. The van der Waals surface area contributed by atoms with Crippen molar-refractivity contribution in [3.05, 3.63) is 206 Å². The van der Waals surface area contributed by atoms with Crippen molar-refractivity contribution in [2.75, 3.05) is 0 Å². The van der Waals surface area contributed by atoms with Gasteiger partial charge in [0.1, 0.15) is 22.3 Å². The van der Waals surface area contributed by atoms with Crippen molar-refractivity contribution in [1.82, 2.24) is 19.5 Å². The molecule has 14 rings (SSSR count). The monoisotopic (exact) mass is 830 g/mol. The van der Waals surface area contributed by atoms with Crippen LogP contribution in [0.1, 0.15) is 0 Å². The highest BCUT2D eigenvalue weighted by Crippen LogP contribution is 2.45. The molecule has 4 aromatic heterocycles. The van der Waals surface area contributed by atoms with Crippen molar-refractivity contribution in [3.8, 4) is 51.0 Å². The van der Waals surface area contributed by atoms with Gasteiger partial charge in [0.25, 0.3) is 0 Å². The molecule has 0 bridgehead atoms. The summed E-state index contributed by atoms with van der Waals surface area (Å²) in [6, 6.07) is 72.1. The lowest BCUT2D eigenvalue weighted by molar-refractivity contribution is 0.668. The Balaban J connectivity index is 1.11. The number of rotatable bonds is 5. The van der Waals surface area contributed by atoms with E-state index in [9.17, 15) is 0 Å². The first-order chi connectivity index (χ1) is 32.2. The van der Waals surface area contributed by atoms with Gasteiger partial charge in [0, 0.05) is 43.4 Å². The van der Waals surface area contributed by atoms with Gasteiger partial charge in [-0.1, -0.05) is 152 Å². The van der Waals surface area contributed by atoms with Gasteiger partial charge in [-0.05, 0) is 87.3 Å². The average Bonchev–Trinajstić information content (AvgIpc) is 4.04. The van der Waals surface area contributed by atoms with Crippen LogP contribution in [0, 0.1) is 0 Å². The number of hydrogen-bond donors (Lipinski definition) is 0. The Hall–Kier alpha value is -8.87. The third kappa shape index (κ3) is 5.51. The first kappa shape index (κ1) is 35.7. The molecule has 0 spiro atoms. The number of aromatic nitrogens is 4. The maximum absolute atomic E-state index is 7.12. The fourth-order valence-corrected chi connectivity index (χ4v) is 9.97. The van der Waals surface area contributed by atoms with Crippen LogP contribution >= 0.6 is 0 Å². The summed E-state index contributed by atoms with van der Waals surface area (Å²) in [5.74, 6) is 1.58. The third-order valence-corrected chi connectivity index (χ3v) is 13.0. The summed E-state index contributed by atoms with van der Waals surface area (Å²) in [6.45, 7) is 0. The van der Waals surface area contributed by atoms with Gasteiger partial charge in [-0.3, -0.25) is 0 Å². The molecule has 0 saturated heterocycles. The lowest BCUT2D eigenvalue weighted by atomic mass is 10.0. The zero-order valence-corrected chi connectivity index (χ0v) is 34.7. The van der Waals surface area contributed by atoms with Crippen LogP contribution in [0.3, 0.4) is 0 Å². The smallest absolute Gasteiger partial charge is 0.170 e. The molecule has 10 aromatic carbocycles. The number of fused-ring (bicyclic) bond motifs is 11. The van der Waals surface area contributed by atoms with Gasteiger partial charge < -0.3 is 13.4 Å². The molecule has 4 heterocycles. The van der Waals surface area contributed by atoms with Crippen LogP contribution in [0.25, 0.3) is 138 Å². The van der Waals surface area contributed by atoms with Crippen LogP contribution in [0.5, 0.6) is 0 Å². The predicted molar refractivity (Wildman–Crippen MR) is 265 cm³/mol. The van der Waals surface area contributed by atoms with Crippen LogP contribution < -0.4 is 0 Å². The fraction of sp³-hybridized carbons (Fsp3) is 0. The Bertz CT molecular complexity index is 4240. The van der Waals surface area contributed by atoms with E-state index in [2.05, 4.69) is 174 Å². The summed E-state index contributed by atoms with van der Waals surface area (Å²) in [6.07, 6.45) is 0. The number of nitrogens with zero attached hydrogens (tertiary/aromatic N) is 4. The molecule has 0 unspecified atom stereocenters. The van der Waals surface area contributed by atoms with Crippen LogP contribution in [0.2, 0.25) is 0 Å². The Morgan fingerprint density at radius 1 is 0.338 bits per heavy atom. The molecule has 6 heteroatoms. The summed E-state index contributed by atoms with van der Waals surface area (Å²) in [7, 11) is 0. The molecule has 0 amide bonds. The quantitative estimate of drug-likeness (QED) is 0.173. The Kier molecular flexibility index (Phi) is 7.59. The molecular weight excluding hydrogens is 797 g/mol. The normalized spacial score (nSPS) is 12.0. The maximum atomic E-state index is 7.12. The Morgan fingerprint density at radius 3 is 1.77 bits per heavy atom. The van der Waals surface area contributed by atoms with E-state index in [-0.39, 0.29) is 0 Å². The number of furan rings is 2. The van der Waals surface area contributed by atoms with Crippen LogP contribution in [-0.4, -0.2) is 19.5 Å². The van der Waals surface area contributed by atoms with Gasteiger partial charge in [-0.2, -0.15) is 0 Å². The second-order valence-corrected chi connectivity index (χ2v) is 16.7. The van der Waals surface area contributed by atoms with Gasteiger partial charge in [0.15, 0.2) is 17.5 Å². The van der Waals surface area contributed by atoms with Gasteiger partial charge in [-0.15, -0.1) is 0 Å². The summed E-state index contributed by atoms with van der Waals surface area (Å²) >= 11 is 0. The van der Waals surface area contributed by atoms with Crippen LogP contribution in [-0.2, 0) is 0 Å². The molecule has 6 nitrogen and oxygen atoms in total. The lowest BCUT2D eigenvalue weighted by Gasteiger charge is -2.15. The minimum absolute atomic E-state index is 0.498. The zero-order valence-electron chi connectivity index (χ0n) is 34.7. The second-order valence-electron chi connectivity index (χ2n) is 16.7. The van der Waals surface area contributed by atoms with E-state index >= 15 is 0 Å². The molecule has 302 valence electrons. The summed E-state index contributed by atoms with van der Waals surface area (Å²) in [5, 5.41) is 10.9. The summed E-state index contributed by atoms with van der Waals surface area (Å²) in [4.78, 5) is 16.3. The highest BCUT2D eigenvalue weighted by atomic mass is 16.3. The van der Waals surface area contributed by atoms with Crippen molar-refractivity contribution < 1.29 is 8.83 Å². The SMILES string of the molecule is c1ccc(-c2ccc(-c3nc(-c4c(-n5c6ccccc6c6cc7ccccc7cc65)ccc5c4oc4cc6ccccc6cc45)nc(-c4cccc5oc6ccccc6c45)n3)cc2)cc1. The van der Waals surface area contributed by atoms with E-state index in [0.29, 0.717) is 23.1 Å². The molecule has 0 aliphatic heterocycles. The van der Waals surface area contributed by atoms with E-state index < -0.39 is 0 Å². The van der Waals surface area contributed by atoms with Crippen molar-refractivity contribution in [2.45, 2.75) is 0 Å². The van der Waals surface area contributed by atoms with Crippen LogP contribution in [0.4, 0.5) is 0 Å². The first-order valence-corrected chi connectivity index (χ1v) is 21.8.